The van der Waals surface area contributed by atoms with Gasteiger partial charge in [0.05, 0.1) is 0 Å². The molecule has 0 bridgehead atoms. The second kappa shape index (κ2) is 2.11. The van der Waals surface area contributed by atoms with E-state index in [4.69, 9.17) is 0 Å². The Kier molecular flexibility index (Phi) is 1.36. The normalized spacial score (nSPS) is 35.8. The summed E-state index contributed by atoms with van der Waals surface area (Å²) in [5.74, 6) is 0.876. The van der Waals surface area contributed by atoms with Gasteiger partial charge in [0.25, 0.3) is 0 Å². The molecule has 0 heteroatoms. The lowest BCUT2D eigenvalue weighted by Gasteiger charge is -2.28. The van der Waals surface area contributed by atoms with Crippen molar-refractivity contribution in [1.29, 1.82) is 0 Å². The zero-order chi connectivity index (χ0) is 7.03. The van der Waals surface area contributed by atoms with Gasteiger partial charge in [-0.1, -0.05) is 18.9 Å². The van der Waals surface area contributed by atoms with Crippen LogP contribution in [-0.2, 0) is 0 Å². The van der Waals surface area contributed by atoms with Gasteiger partial charge in [0.15, 0.2) is 0 Å². The smallest absolute Gasteiger partial charge is 0.0180 e. The standard InChI is InChI=1S/C10H16/c1-2-9-5-3-4-6-10(9)7-8-10/h2,9H,1,3-8H2. The first kappa shape index (κ1) is 6.45. The monoisotopic (exact) mass is 136 g/mol. The molecule has 2 fully saturated rings. The summed E-state index contributed by atoms with van der Waals surface area (Å²) in [7, 11) is 0. The van der Waals surface area contributed by atoms with Gasteiger partial charge in [-0.15, -0.1) is 6.58 Å². The molecule has 1 unspecified atom stereocenters. The minimum absolute atomic E-state index is 0.778. The molecule has 0 aromatic heterocycles. The van der Waals surface area contributed by atoms with E-state index in [0.717, 1.165) is 11.3 Å². The Balaban J connectivity index is 2.07. The van der Waals surface area contributed by atoms with Crippen molar-refractivity contribution in [2.75, 3.05) is 0 Å². The van der Waals surface area contributed by atoms with Crippen LogP contribution in [0.5, 0.6) is 0 Å². The lowest BCUT2D eigenvalue weighted by molar-refractivity contribution is 0.260. The van der Waals surface area contributed by atoms with Crippen LogP contribution >= 0.6 is 0 Å². The fourth-order valence-electron chi connectivity index (χ4n) is 2.48. The molecular weight excluding hydrogens is 120 g/mol. The van der Waals surface area contributed by atoms with Gasteiger partial charge >= 0.3 is 0 Å². The van der Waals surface area contributed by atoms with Crippen molar-refractivity contribution in [3.63, 3.8) is 0 Å². The second-order valence-electron chi connectivity index (χ2n) is 3.95. The highest BCUT2D eigenvalue weighted by atomic mass is 14.5. The van der Waals surface area contributed by atoms with Crippen molar-refractivity contribution in [2.24, 2.45) is 11.3 Å². The number of hydrogen-bond donors (Lipinski definition) is 0. The van der Waals surface area contributed by atoms with E-state index in [9.17, 15) is 0 Å². The SMILES string of the molecule is C=CC1CCCCC12CC2. The first-order valence-corrected chi connectivity index (χ1v) is 4.50. The highest BCUT2D eigenvalue weighted by Gasteiger charge is 2.48. The summed E-state index contributed by atoms with van der Waals surface area (Å²) in [5, 5.41) is 0. The topological polar surface area (TPSA) is 0 Å². The van der Waals surface area contributed by atoms with E-state index in [1.54, 1.807) is 0 Å². The molecule has 0 aliphatic heterocycles. The third-order valence-electron chi connectivity index (χ3n) is 3.40. The molecule has 0 amide bonds. The van der Waals surface area contributed by atoms with Crippen LogP contribution in [0.4, 0.5) is 0 Å². The Morgan fingerprint density at radius 1 is 1.20 bits per heavy atom. The summed E-state index contributed by atoms with van der Waals surface area (Å²) in [4.78, 5) is 0. The van der Waals surface area contributed by atoms with E-state index in [-0.39, 0.29) is 0 Å². The van der Waals surface area contributed by atoms with E-state index in [0.29, 0.717) is 0 Å². The van der Waals surface area contributed by atoms with Crippen LogP contribution in [0.25, 0.3) is 0 Å². The molecule has 1 spiro atoms. The first-order valence-electron chi connectivity index (χ1n) is 4.50. The summed E-state index contributed by atoms with van der Waals surface area (Å²) in [6.07, 6.45) is 11.0. The van der Waals surface area contributed by atoms with Gasteiger partial charge in [0.1, 0.15) is 0 Å². The molecule has 10 heavy (non-hydrogen) atoms. The van der Waals surface area contributed by atoms with Crippen LogP contribution < -0.4 is 0 Å². The van der Waals surface area contributed by atoms with Gasteiger partial charge in [-0.3, -0.25) is 0 Å². The van der Waals surface area contributed by atoms with E-state index < -0.39 is 0 Å². The van der Waals surface area contributed by atoms with Crippen molar-refractivity contribution in [3.05, 3.63) is 12.7 Å². The quantitative estimate of drug-likeness (QED) is 0.486. The minimum Gasteiger partial charge on any atom is -0.103 e. The van der Waals surface area contributed by atoms with Crippen LogP contribution in [-0.4, -0.2) is 0 Å². The van der Waals surface area contributed by atoms with Crippen LogP contribution in [0.15, 0.2) is 12.7 Å². The molecule has 2 rings (SSSR count). The molecule has 0 nitrogen and oxygen atoms in total. The second-order valence-corrected chi connectivity index (χ2v) is 3.95. The average molecular weight is 136 g/mol. The summed E-state index contributed by atoms with van der Waals surface area (Å²) in [6.45, 7) is 3.92. The Morgan fingerprint density at radius 3 is 2.50 bits per heavy atom. The molecule has 0 heterocycles. The number of rotatable bonds is 1. The highest BCUT2D eigenvalue weighted by molar-refractivity contribution is 5.05. The van der Waals surface area contributed by atoms with Gasteiger partial charge in [-0.2, -0.15) is 0 Å². The molecule has 56 valence electrons. The summed E-state index contributed by atoms with van der Waals surface area (Å²) in [6, 6.07) is 0. The van der Waals surface area contributed by atoms with Crippen LogP contribution in [0.2, 0.25) is 0 Å². The molecule has 2 aliphatic carbocycles. The zero-order valence-electron chi connectivity index (χ0n) is 6.60. The Labute approximate surface area is 63.3 Å². The largest absolute Gasteiger partial charge is 0.103 e. The molecule has 0 N–H and O–H groups in total. The third-order valence-corrected chi connectivity index (χ3v) is 3.40. The lowest BCUT2D eigenvalue weighted by atomic mass is 9.76. The van der Waals surface area contributed by atoms with Gasteiger partial charge in [0, 0.05) is 0 Å². The maximum absolute atomic E-state index is 3.92. The molecule has 2 saturated carbocycles. The van der Waals surface area contributed by atoms with E-state index in [2.05, 4.69) is 12.7 Å². The van der Waals surface area contributed by atoms with E-state index in [1.807, 2.05) is 0 Å². The maximum atomic E-state index is 3.92. The molecular formula is C10H16. The molecule has 0 radical (unpaired) electrons. The van der Waals surface area contributed by atoms with Crippen molar-refractivity contribution in [1.82, 2.24) is 0 Å². The Morgan fingerprint density at radius 2 is 2.00 bits per heavy atom. The minimum atomic E-state index is 0.778. The fourth-order valence-corrected chi connectivity index (χ4v) is 2.48. The predicted molar refractivity (Wildman–Crippen MR) is 43.8 cm³/mol. The zero-order valence-corrected chi connectivity index (χ0v) is 6.60. The van der Waals surface area contributed by atoms with Crippen LogP contribution in [0, 0.1) is 11.3 Å². The van der Waals surface area contributed by atoms with Crippen molar-refractivity contribution >= 4 is 0 Å². The first-order chi connectivity index (χ1) is 4.87. The van der Waals surface area contributed by atoms with Gasteiger partial charge in [-0.05, 0) is 37.0 Å². The van der Waals surface area contributed by atoms with Crippen LogP contribution in [0.3, 0.4) is 0 Å². The highest BCUT2D eigenvalue weighted by Crippen LogP contribution is 2.59. The molecule has 1 atom stereocenters. The molecule has 0 aromatic carbocycles. The number of hydrogen-bond acceptors (Lipinski definition) is 0. The Hall–Kier alpha value is -0.260. The summed E-state index contributed by atoms with van der Waals surface area (Å²) in [5.41, 5.74) is 0.778. The van der Waals surface area contributed by atoms with Gasteiger partial charge in [0.2, 0.25) is 0 Å². The third kappa shape index (κ3) is 0.817. The molecule has 2 aliphatic rings. The predicted octanol–water partition coefficient (Wildman–Crippen LogP) is 3.14. The van der Waals surface area contributed by atoms with Gasteiger partial charge in [-0.25, -0.2) is 0 Å². The average Bonchev–Trinajstić information content (AvgIpc) is 2.71. The van der Waals surface area contributed by atoms with Crippen molar-refractivity contribution in [2.45, 2.75) is 38.5 Å². The van der Waals surface area contributed by atoms with E-state index >= 15 is 0 Å². The number of allylic oxidation sites excluding steroid dienone is 1. The van der Waals surface area contributed by atoms with Crippen molar-refractivity contribution in [3.8, 4) is 0 Å². The van der Waals surface area contributed by atoms with Crippen LogP contribution in [0.1, 0.15) is 38.5 Å². The van der Waals surface area contributed by atoms with Crippen molar-refractivity contribution < 1.29 is 0 Å². The summed E-state index contributed by atoms with van der Waals surface area (Å²) < 4.78 is 0. The fraction of sp³-hybridized carbons (Fsp3) is 0.800. The maximum Gasteiger partial charge on any atom is -0.0180 e. The molecule has 0 saturated heterocycles. The summed E-state index contributed by atoms with van der Waals surface area (Å²) >= 11 is 0. The molecule has 0 aromatic rings. The Bertz CT molecular complexity index is 142. The lowest BCUT2D eigenvalue weighted by Crippen LogP contribution is -2.18. The van der Waals surface area contributed by atoms with E-state index in [1.165, 1.54) is 38.5 Å². The van der Waals surface area contributed by atoms with Gasteiger partial charge < -0.3 is 0 Å².